The molecule has 6 heteroatoms. The van der Waals surface area contributed by atoms with Gasteiger partial charge in [0.2, 0.25) is 5.91 Å². The van der Waals surface area contributed by atoms with Crippen molar-refractivity contribution in [1.29, 1.82) is 0 Å². The number of fused-ring (bicyclic) bond motifs is 1. The number of rotatable bonds is 9. The lowest BCUT2D eigenvalue weighted by molar-refractivity contribution is -0.121. The van der Waals surface area contributed by atoms with Crippen LogP contribution in [-0.2, 0) is 11.2 Å². The van der Waals surface area contributed by atoms with Gasteiger partial charge in [-0.3, -0.25) is 4.79 Å². The number of nitrogens with one attached hydrogen (secondary N) is 1. The van der Waals surface area contributed by atoms with Crippen LogP contribution in [0.2, 0.25) is 0 Å². The summed E-state index contributed by atoms with van der Waals surface area (Å²) < 4.78 is 10.6. The fraction of sp³-hybridized carbons (Fsp3) is 0.500. The van der Waals surface area contributed by atoms with Gasteiger partial charge in [0.25, 0.3) is 0 Å². The predicted octanol–water partition coefficient (Wildman–Crippen LogP) is 2.50. The van der Waals surface area contributed by atoms with E-state index in [9.17, 15) is 9.59 Å². The van der Waals surface area contributed by atoms with Gasteiger partial charge < -0.3 is 19.4 Å². The van der Waals surface area contributed by atoms with Gasteiger partial charge in [-0.2, -0.15) is 0 Å². The summed E-state index contributed by atoms with van der Waals surface area (Å²) in [7, 11) is 1.57. The zero-order valence-corrected chi connectivity index (χ0v) is 16.1. The van der Waals surface area contributed by atoms with E-state index in [1.54, 1.807) is 13.2 Å². The molecule has 0 unspecified atom stereocenters. The Kier molecular flexibility index (Phi) is 7.21. The highest BCUT2D eigenvalue weighted by molar-refractivity contribution is 5.82. The molecular formula is C20H28N2O4. The molecule has 1 aromatic heterocycles. The summed E-state index contributed by atoms with van der Waals surface area (Å²) in [5.41, 5.74) is 1.52. The van der Waals surface area contributed by atoms with Crippen molar-refractivity contribution in [3.63, 3.8) is 0 Å². The molecule has 2 aromatic rings. The summed E-state index contributed by atoms with van der Waals surface area (Å²) in [4.78, 5) is 26.6. The van der Waals surface area contributed by atoms with Crippen LogP contribution >= 0.6 is 0 Å². The lowest BCUT2D eigenvalue weighted by atomic mass is 10.0. The highest BCUT2D eigenvalue weighted by Crippen LogP contribution is 2.24. The van der Waals surface area contributed by atoms with E-state index in [0.29, 0.717) is 29.9 Å². The van der Waals surface area contributed by atoms with Crippen molar-refractivity contribution < 1.29 is 13.9 Å². The maximum absolute atomic E-state index is 12.3. The average molecular weight is 360 g/mol. The second-order valence-corrected chi connectivity index (χ2v) is 6.23. The monoisotopic (exact) mass is 360 g/mol. The largest absolute Gasteiger partial charge is 0.497 e. The van der Waals surface area contributed by atoms with Gasteiger partial charge in [0.05, 0.1) is 7.11 Å². The minimum atomic E-state index is -0.390. The van der Waals surface area contributed by atoms with E-state index < -0.39 is 0 Å². The highest BCUT2D eigenvalue weighted by atomic mass is 16.5. The zero-order chi connectivity index (χ0) is 19.1. The van der Waals surface area contributed by atoms with Gasteiger partial charge >= 0.3 is 5.63 Å². The summed E-state index contributed by atoms with van der Waals surface area (Å²) in [6.45, 7) is 9.47. The molecule has 1 aromatic carbocycles. The summed E-state index contributed by atoms with van der Waals surface area (Å²) in [6.07, 6.45) is 0.638. The first-order valence-electron chi connectivity index (χ1n) is 9.09. The molecule has 0 bridgehead atoms. The number of nitrogens with zero attached hydrogens (tertiary/aromatic N) is 1. The van der Waals surface area contributed by atoms with Gasteiger partial charge in [-0.1, -0.05) is 13.8 Å². The van der Waals surface area contributed by atoms with E-state index in [0.717, 1.165) is 30.6 Å². The average Bonchev–Trinajstić information content (AvgIpc) is 2.64. The van der Waals surface area contributed by atoms with Gasteiger partial charge in [0.15, 0.2) is 0 Å². The topological polar surface area (TPSA) is 71.8 Å². The first-order chi connectivity index (χ1) is 12.5. The van der Waals surface area contributed by atoms with Gasteiger partial charge in [-0.25, -0.2) is 4.79 Å². The van der Waals surface area contributed by atoms with Crippen molar-refractivity contribution in [1.82, 2.24) is 10.2 Å². The van der Waals surface area contributed by atoms with Crippen LogP contribution < -0.4 is 15.7 Å². The summed E-state index contributed by atoms with van der Waals surface area (Å²) in [5, 5.41) is 3.78. The first-order valence-corrected chi connectivity index (χ1v) is 9.09. The lowest BCUT2D eigenvalue weighted by Gasteiger charge is -2.17. The Morgan fingerprint density at radius 2 is 2.00 bits per heavy atom. The zero-order valence-electron chi connectivity index (χ0n) is 16.1. The van der Waals surface area contributed by atoms with Gasteiger partial charge in [0, 0.05) is 36.5 Å². The Morgan fingerprint density at radius 3 is 2.65 bits per heavy atom. The van der Waals surface area contributed by atoms with Crippen LogP contribution in [0.15, 0.2) is 27.4 Å². The SMILES string of the molecule is CCN(CC)CCNC(=O)CCc1c(C)c2ccc(OC)cc2oc1=O. The molecule has 0 atom stereocenters. The third-order valence-electron chi connectivity index (χ3n) is 4.74. The molecule has 1 amide bonds. The molecule has 0 saturated heterocycles. The number of benzene rings is 1. The van der Waals surface area contributed by atoms with Gasteiger partial charge in [-0.15, -0.1) is 0 Å². The quantitative estimate of drug-likeness (QED) is 0.696. The van der Waals surface area contributed by atoms with E-state index in [1.807, 2.05) is 19.1 Å². The Hall–Kier alpha value is -2.34. The highest BCUT2D eigenvalue weighted by Gasteiger charge is 2.13. The molecule has 0 aliphatic carbocycles. The lowest BCUT2D eigenvalue weighted by Crippen LogP contribution is -2.35. The van der Waals surface area contributed by atoms with E-state index in [-0.39, 0.29) is 18.0 Å². The van der Waals surface area contributed by atoms with Crippen LogP contribution in [0.25, 0.3) is 11.0 Å². The number of hydrogen-bond acceptors (Lipinski definition) is 5. The fourth-order valence-electron chi connectivity index (χ4n) is 3.01. The van der Waals surface area contributed by atoms with Crippen LogP contribution in [0, 0.1) is 6.92 Å². The molecule has 0 saturated carbocycles. The van der Waals surface area contributed by atoms with Gasteiger partial charge in [0.1, 0.15) is 11.3 Å². The summed E-state index contributed by atoms with van der Waals surface area (Å²) in [5.74, 6) is 0.589. The van der Waals surface area contributed by atoms with E-state index in [2.05, 4.69) is 24.1 Å². The van der Waals surface area contributed by atoms with Gasteiger partial charge in [-0.05, 0) is 44.1 Å². The number of carbonyl (C=O) groups is 1. The third-order valence-corrected chi connectivity index (χ3v) is 4.74. The third kappa shape index (κ3) is 4.85. The van der Waals surface area contributed by atoms with E-state index in [1.165, 1.54) is 0 Å². The molecule has 1 heterocycles. The van der Waals surface area contributed by atoms with Crippen molar-refractivity contribution in [2.75, 3.05) is 33.3 Å². The van der Waals surface area contributed by atoms with Crippen LogP contribution in [0.4, 0.5) is 0 Å². The number of hydrogen-bond donors (Lipinski definition) is 1. The van der Waals surface area contributed by atoms with Crippen LogP contribution in [-0.4, -0.2) is 44.1 Å². The number of carbonyl (C=O) groups excluding carboxylic acids is 1. The fourth-order valence-corrected chi connectivity index (χ4v) is 3.01. The molecule has 6 nitrogen and oxygen atoms in total. The van der Waals surface area contributed by atoms with Crippen LogP contribution in [0.3, 0.4) is 0 Å². The molecule has 0 spiro atoms. The molecule has 0 fully saturated rings. The molecule has 2 rings (SSSR count). The summed E-state index contributed by atoms with van der Waals surface area (Å²) in [6, 6.07) is 5.41. The first kappa shape index (κ1) is 20.0. The second kappa shape index (κ2) is 9.38. The van der Waals surface area contributed by atoms with Crippen LogP contribution in [0.1, 0.15) is 31.4 Å². The van der Waals surface area contributed by atoms with E-state index >= 15 is 0 Å². The van der Waals surface area contributed by atoms with Crippen molar-refractivity contribution in [3.8, 4) is 5.75 Å². The standard InChI is InChI=1S/C20H28N2O4/c1-5-22(6-2)12-11-21-19(23)10-9-17-14(3)16-8-7-15(25-4)13-18(16)26-20(17)24/h7-8,13H,5-6,9-12H2,1-4H3,(H,21,23). The smallest absolute Gasteiger partial charge is 0.339 e. The maximum Gasteiger partial charge on any atom is 0.339 e. The predicted molar refractivity (Wildman–Crippen MR) is 103 cm³/mol. The molecular weight excluding hydrogens is 332 g/mol. The maximum atomic E-state index is 12.3. The molecule has 0 aliphatic rings. The number of methoxy groups -OCH3 is 1. The molecule has 0 aliphatic heterocycles. The van der Waals surface area contributed by atoms with E-state index in [4.69, 9.17) is 9.15 Å². The number of amides is 1. The van der Waals surface area contributed by atoms with Crippen molar-refractivity contribution in [2.45, 2.75) is 33.6 Å². The molecule has 1 N–H and O–H groups in total. The summed E-state index contributed by atoms with van der Waals surface area (Å²) >= 11 is 0. The minimum absolute atomic E-state index is 0.0502. The Morgan fingerprint density at radius 1 is 1.27 bits per heavy atom. The Labute approximate surface area is 154 Å². The number of ether oxygens (including phenoxy) is 1. The molecule has 0 radical (unpaired) electrons. The van der Waals surface area contributed by atoms with Crippen molar-refractivity contribution in [2.24, 2.45) is 0 Å². The minimum Gasteiger partial charge on any atom is -0.497 e. The number of likely N-dealkylation sites (N-methyl/N-ethyl adjacent to an activating group) is 1. The normalized spacial score (nSPS) is 11.1. The van der Waals surface area contributed by atoms with Crippen molar-refractivity contribution in [3.05, 3.63) is 39.7 Å². The number of aryl methyl sites for hydroxylation is 1. The second-order valence-electron chi connectivity index (χ2n) is 6.23. The molecule has 142 valence electrons. The Bertz CT molecular complexity index is 809. The van der Waals surface area contributed by atoms with Crippen LogP contribution in [0.5, 0.6) is 5.75 Å². The Balaban J connectivity index is 2.02. The molecule has 26 heavy (non-hydrogen) atoms. The van der Waals surface area contributed by atoms with Crippen molar-refractivity contribution >= 4 is 16.9 Å².